The van der Waals surface area contributed by atoms with E-state index in [1.54, 1.807) is 0 Å². The topological polar surface area (TPSA) is 158 Å². The quantitative estimate of drug-likeness (QED) is 0.276. The number of aromatic amines is 1. The zero-order valence-electron chi connectivity index (χ0n) is 19.1. The Balaban J connectivity index is 1.76. The lowest BCUT2D eigenvalue weighted by Crippen LogP contribution is -2.36. The van der Waals surface area contributed by atoms with Crippen LogP contribution in [0.15, 0.2) is 45.0 Å². The number of esters is 1. The molecule has 2 aromatic rings. The summed E-state index contributed by atoms with van der Waals surface area (Å²) in [6.45, 7) is 0.900. The predicted molar refractivity (Wildman–Crippen MR) is 129 cm³/mol. The third-order valence-corrected chi connectivity index (χ3v) is 7.01. The van der Waals surface area contributed by atoms with E-state index in [0.717, 1.165) is 23.8 Å². The summed E-state index contributed by atoms with van der Waals surface area (Å²) in [6, 6.07) is 3.49. The van der Waals surface area contributed by atoms with Crippen molar-refractivity contribution in [2.75, 3.05) is 13.7 Å². The first kappa shape index (κ1) is 28.0. The van der Waals surface area contributed by atoms with Gasteiger partial charge in [0.25, 0.3) is 5.56 Å². The van der Waals surface area contributed by atoms with E-state index in [0.29, 0.717) is 0 Å². The van der Waals surface area contributed by atoms with E-state index in [2.05, 4.69) is 30.7 Å². The second kappa shape index (κ2) is 12.1. The molecule has 1 aromatic carbocycles. The third-order valence-electron chi connectivity index (χ3n) is 5.11. The number of nitrogens with one attached hydrogen (secondary N) is 2. The molecule has 0 radical (unpaired) electrons. The van der Waals surface area contributed by atoms with E-state index >= 15 is 0 Å². The van der Waals surface area contributed by atoms with Crippen molar-refractivity contribution < 1.29 is 37.4 Å². The third kappa shape index (κ3) is 6.99. The second-order valence-electron chi connectivity index (χ2n) is 7.69. The number of rotatable bonds is 10. The number of nitrogens with zero attached hydrogens (tertiary/aromatic N) is 1. The number of aliphatic hydroxyl groups excluding tert-OH is 1. The van der Waals surface area contributed by atoms with Crippen molar-refractivity contribution in [2.24, 2.45) is 0 Å². The first-order valence-electron chi connectivity index (χ1n) is 10.6. The zero-order chi connectivity index (χ0) is 26.5. The van der Waals surface area contributed by atoms with Gasteiger partial charge in [0.05, 0.1) is 25.4 Å². The summed E-state index contributed by atoms with van der Waals surface area (Å²) < 4.78 is 49.0. The standard InChI is InChI=1S/C21H24BrFN3O9P/c1-12(20(29)32-2)25-36(31,35-15-5-3-14(23)4-6-15)33-11-17-16(27)9-18(34-17)26-10-13(7-8-22)19(28)24-21(26)30/h3-8,10,12,16-18,27H,9,11H2,1-2H3,(H,25,31)(H,24,28,30)/t12-,16?,17+,18+,36?/m0/s1. The Hall–Kier alpha value is -2.61. The van der Waals surface area contributed by atoms with Gasteiger partial charge in [0.15, 0.2) is 0 Å². The number of benzene rings is 1. The number of hydrogen-bond donors (Lipinski definition) is 3. The summed E-state index contributed by atoms with van der Waals surface area (Å²) in [5.41, 5.74) is -1.18. The number of ether oxygens (including phenoxy) is 2. The summed E-state index contributed by atoms with van der Waals surface area (Å²) in [6.07, 6.45) is -0.475. The lowest BCUT2D eigenvalue weighted by Gasteiger charge is -2.24. The minimum atomic E-state index is -4.28. The van der Waals surface area contributed by atoms with Crippen molar-refractivity contribution >= 4 is 35.7 Å². The molecule has 0 saturated carbocycles. The van der Waals surface area contributed by atoms with Crippen molar-refractivity contribution in [3.63, 3.8) is 0 Å². The van der Waals surface area contributed by atoms with Gasteiger partial charge in [0, 0.05) is 12.6 Å². The predicted octanol–water partition coefficient (Wildman–Crippen LogP) is 2.04. The number of H-pyrrole nitrogens is 1. The molecule has 196 valence electrons. The Kier molecular flexibility index (Phi) is 9.39. The van der Waals surface area contributed by atoms with E-state index < -0.39 is 61.9 Å². The summed E-state index contributed by atoms with van der Waals surface area (Å²) in [5.74, 6) is -1.30. The van der Waals surface area contributed by atoms with Gasteiger partial charge in [-0.1, -0.05) is 15.9 Å². The molecule has 0 amide bonds. The average Bonchev–Trinajstić information content (AvgIpc) is 3.20. The molecule has 0 spiro atoms. The lowest BCUT2D eigenvalue weighted by atomic mass is 10.2. The Morgan fingerprint density at radius 3 is 2.75 bits per heavy atom. The van der Waals surface area contributed by atoms with Gasteiger partial charge in [0.1, 0.15) is 29.9 Å². The first-order chi connectivity index (χ1) is 17.0. The van der Waals surface area contributed by atoms with E-state index in [-0.39, 0.29) is 17.7 Å². The highest BCUT2D eigenvalue weighted by Gasteiger charge is 2.39. The maximum absolute atomic E-state index is 13.4. The fourth-order valence-corrected chi connectivity index (χ4v) is 5.09. The molecule has 3 rings (SSSR count). The van der Waals surface area contributed by atoms with Crippen LogP contribution in [0.25, 0.3) is 6.08 Å². The van der Waals surface area contributed by atoms with Gasteiger partial charge < -0.3 is 19.1 Å². The van der Waals surface area contributed by atoms with Gasteiger partial charge in [-0.25, -0.2) is 13.8 Å². The minimum Gasteiger partial charge on any atom is -0.468 e. The molecule has 1 aliphatic rings. The molecular weight excluding hydrogens is 568 g/mol. The molecule has 1 aliphatic heterocycles. The normalized spacial score (nSPS) is 22.3. The van der Waals surface area contributed by atoms with Crippen LogP contribution in [0, 0.1) is 5.82 Å². The molecule has 5 atom stereocenters. The molecule has 0 aliphatic carbocycles. The molecule has 15 heteroatoms. The lowest BCUT2D eigenvalue weighted by molar-refractivity contribution is -0.142. The molecular formula is C21H24BrFN3O9P. The van der Waals surface area contributed by atoms with Crippen molar-refractivity contribution in [3.8, 4) is 5.75 Å². The molecule has 12 nitrogen and oxygen atoms in total. The van der Waals surface area contributed by atoms with Gasteiger partial charge in [-0.15, -0.1) is 0 Å². The van der Waals surface area contributed by atoms with E-state index in [1.165, 1.54) is 36.3 Å². The molecule has 1 aromatic heterocycles. The fraction of sp³-hybridized carbons (Fsp3) is 0.381. The summed E-state index contributed by atoms with van der Waals surface area (Å²) in [4.78, 5) is 39.6. The number of aliphatic hydroxyl groups is 1. The molecule has 3 N–H and O–H groups in total. The SMILES string of the molecule is COC(=O)[C@H](C)NP(=O)(OC[C@H]1O[C@@H](n2cc(C=CBr)c(=O)[nH]c2=O)CC1O)Oc1ccc(F)cc1. The molecule has 2 unspecified atom stereocenters. The van der Waals surface area contributed by atoms with Crippen LogP contribution in [0.3, 0.4) is 0 Å². The molecule has 2 heterocycles. The Morgan fingerprint density at radius 1 is 1.42 bits per heavy atom. The maximum atomic E-state index is 13.4. The molecule has 36 heavy (non-hydrogen) atoms. The van der Waals surface area contributed by atoms with E-state index in [1.807, 2.05) is 0 Å². The highest BCUT2D eigenvalue weighted by Crippen LogP contribution is 2.46. The molecule has 0 bridgehead atoms. The van der Waals surface area contributed by atoms with Gasteiger partial charge >= 0.3 is 19.4 Å². The summed E-state index contributed by atoms with van der Waals surface area (Å²) in [5, 5.41) is 12.9. The van der Waals surface area contributed by atoms with Gasteiger partial charge in [-0.05, 0) is 42.3 Å². The fourth-order valence-electron chi connectivity index (χ4n) is 3.30. The van der Waals surface area contributed by atoms with Crippen LogP contribution >= 0.6 is 23.7 Å². The van der Waals surface area contributed by atoms with Crippen LogP contribution in [0.2, 0.25) is 0 Å². The number of hydrogen-bond acceptors (Lipinski definition) is 9. The number of aromatic nitrogens is 2. The van der Waals surface area contributed by atoms with Crippen LogP contribution < -0.4 is 20.9 Å². The smallest absolute Gasteiger partial charge is 0.459 e. The van der Waals surface area contributed by atoms with E-state index in [4.69, 9.17) is 13.8 Å². The van der Waals surface area contributed by atoms with Crippen LogP contribution in [-0.2, 0) is 23.4 Å². The Bertz CT molecular complexity index is 1270. The highest BCUT2D eigenvalue weighted by molar-refractivity contribution is 9.11. The largest absolute Gasteiger partial charge is 0.468 e. The molecule has 1 fully saturated rings. The summed E-state index contributed by atoms with van der Waals surface area (Å²) >= 11 is 3.06. The first-order valence-corrected chi connectivity index (χ1v) is 13.0. The number of carbonyl (C=O) groups excluding carboxylic acids is 1. The maximum Gasteiger partial charge on any atom is 0.459 e. The molecule has 1 saturated heterocycles. The number of carbonyl (C=O) groups is 1. The van der Waals surface area contributed by atoms with Crippen LogP contribution in [0.5, 0.6) is 5.75 Å². The highest BCUT2D eigenvalue weighted by atomic mass is 79.9. The van der Waals surface area contributed by atoms with Crippen LogP contribution in [0.4, 0.5) is 4.39 Å². The van der Waals surface area contributed by atoms with Crippen molar-refractivity contribution in [1.29, 1.82) is 0 Å². The number of methoxy groups -OCH3 is 1. The van der Waals surface area contributed by atoms with Gasteiger partial charge in [-0.2, -0.15) is 5.09 Å². The van der Waals surface area contributed by atoms with Crippen molar-refractivity contribution in [2.45, 2.75) is 37.8 Å². The average molecular weight is 592 g/mol. The number of halogens is 2. The minimum absolute atomic E-state index is 0.0118. The van der Waals surface area contributed by atoms with Gasteiger partial charge in [-0.3, -0.25) is 23.7 Å². The van der Waals surface area contributed by atoms with Crippen molar-refractivity contribution in [3.05, 3.63) is 67.7 Å². The van der Waals surface area contributed by atoms with Gasteiger partial charge in [0.2, 0.25) is 0 Å². The van der Waals surface area contributed by atoms with Crippen LogP contribution in [0.1, 0.15) is 25.1 Å². The van der Waals surface area contributed by atoms with Crippen molar-refractivity contribution in [1.82, 2.24) is 14.6 Å². The zero-order valence-corrected chi connectivity index (χ0v) is 21.6. The van der Waals surface area contributed by atoms with Crippen LogP contribution in [-0.4, -0.2) is 52.6 Å². The monoisotopic (exact) mass is 591 g/mol. The van der Waals surface area contributed by atoms with E-state index in [9.17, 15) is 28.4 Å². The Morgan fingerprint density at radius 2 is 2.11 bits per heavy atom. The Labute approximate surface area is 212 Å². The second-order valence-corrected chi connectivity index (χ2v) is 9.91. The summed E-state index contributed by atoms with van der Waals surface area (Å²) in [7, 11) is -3.13.